The summed E-state index contributed by atoms with van der Waals surface area (Å²) in [6.07, 6.45) is 6.27. The van der Waals surface area contributed by atoms with Crippen molar-refractivity contribution in [1.29, 1.82) is 0 Å². The predicted molar refractivity (Wildman–Crippen MR) is 103 cm³/mol. The molecule has 1 atom stereocenters. The minimum Gasteiger partial charge on any atom is -0.359 e. The lowest BCUT2D eigenvalue weighted by atomic mass is 10.0. The van der Waals surface area contributed by atoms with Crippen LogP contribution in [0.4, 0.5) is 0 Å². The van der Waals surface area contributed by atoms with E-state index in [1.54, 1.807) is 0 Å². The van der Waals surface area contributed by atoms with E-state index in [2.05, 4.69) is 46.5 Å². The number of hydrogen-bond donors (Lipinski definition) is 2. The molecule has 2 heterocycles. The molecule has 6 heteroatoms. The van der Waals surface area contributed by atoms with Crippen LogP contribution < -0.4 is 10.6 Å². The van der Waals surface area contributed by atoms with E-state index in [1.807, 2.05) is 13.1 Å². The van der Waals surface area contributed by atoms with Crippen LogP contribution in [0.5, 0.6) is 0 Å². The molecule has 0 spiro atoms. The SMILES string of the molecule is CCc1cc(CNC(=NC)NCC(C(C)C)N2CCCCCC2)on1. The summed E-state index contributed by atoms with van der Waals surface area (Å²) in [5, 5.41) is 10.8. The summed E-state index contributed by atoms with van der Waals surface area (Å²) in [6, 6.07) is 2.53. The van der Waals surface area contributed by atoms with Crippen LogP contribution in [0.2, 0.25) is 0 Å². The smallest absolute Gasteiger partial charge is 0.191 e. The number of hydrogen-bond acceptors (Lipinski definition) is 4. The van der Waals surface area contributed by atoms with Crippen LogP contribution in [0.25, 0.3) is 0 Å². The molecule has 1 unspecified atom stereocenters. The fraction of sp³-hybridized carbons (Fsp3) is 0.789. The third-order valence-corrected chi connectivity index (χ3v) is 4.98. The monoisotopic (exact) mass is 349 g/mol. The van der Waals surface area contributed by atoms with Crippen LogP contribution in [-0.4, -0.2) is 48.7 Å². The van der Waals surface area contributed by atoms with Crippen molar-refractivity contribution >= 4 is 5.96 Å². The maximum absolute atomic E-state index is 5.32. The molecule has 6 nitrogen and oxygen atoms in total. The van der Waals surface area contributed by atoms with E-state index in [0.29, 0.717) is 18.5 Å². The normalized spacial score (nSPS) is 18.2. The molecule has 1 aromatic rings. The molecule has 2 N–H and O–H groups in total. The van der Waals surface area contributed by atoms with E-state index in [9.17, 15) is 0 Å². The maximum Gasteiger partial charge on any atom is 0.191 e. The molecule has 2 rings (SSSR count). The maximum atomic E-state index is 5.32. The fourth-order valence-corrected chi connectivity index (χ4v) is 3.41. The second kappa shape index (κ2) is 10.4. The molecule has 25 heavy (non-hydrogen) atoms. The van der Waals surface area contributed by atoms with Gasteiger partial charge < -0.3 is 15.2 Å². The quantitative estimate of drug-likeness (QED) is 0.585. The highest BCUT2D eigenvalue weighted by Crippen LogP contribution is 2.17. The Morgan fingerprint density at radius 1 is 1.24 bits per heavy atom. The van der Waals surface area contributed by atoms with E-state index in [4.69, 9.17) is 4.52 Å². The van der Waals surface area contributed by atoms with Crippen LogP contribution in [-0.2, 0) is 13.0 Å². The number of likely N-dealkylation sites (tertiary alicyclic amines) is 1. The number of rotatable bonds is 7. The Bertz CT molecular complexity index is 518. The molecule has 1 aliphatic rings. The van der Waals surface area contributed by atoms with Crippen molar-refractivity contribution in [2.45, 2.75) is 65.5 Å². The van der Waals surface area contributed by atoms with E-state index in [0.717, 1.165) is 30.4 Å². The number of guanidine groups is 1. The van der Waals surface area contributed by atoms with Crippen molar-refractivity contribution in [3.05, 3.63) is 17.5 Å². The van der Waals surface area contributed by atoms with Crippen LogP contribution in [0.15, 0.2) is 15.6 Å². The highest BCUT2D eigenvalue weighted by molar-refractivity contribution is 5.79. The molecule has 142 valence electrons. The van der Waals surface area contributed by atoms with Gasteiger partial charge >= 0.3 is 0 Å². The topological polar surface area (TPSA) is 65.7 Å². The van der Waals surface area contributed by atoms with E-state index >= 15 is 0 Å². The summed E-state index contributed by atoms with van der Waals surface area (Å²) < 4.78 is 5.32. The molecule has 1 aromatic heterocycles. The highest BCUT2D eigenvalue weighted by atomic mass is 16.5. The Morgan fingerprint density at radius 3 is 2.52 bits per heavy atom. The molecule has 0 amide bonds. The van der Waals surface area contributed by atoms with Gasteiger partial charge in [0.2, 0.25) is 0 Å². The van der Waals surface area contributed by atoms with Crippen LogP contribution >= 0.6 is 0 Å². The Balaban J connectivity index is 1.84. The Labute approximate surface area is 152 Å². The van der Waals surface area contributed by atoms with E-state index in [1.165, 1.54) is 38.8 Å². The largest absolute Gasteiger partial charge is 0.359 e. The van der Waals surface area contributed by atoms with Crippen molar-refractivity contribution in [3.63, 3.8) is 0 Å². The van der Waals surface area contributed by atoms with E-state index in [-0.39, 0.29) is 0 Å². The predicted octanol–water partition coefficient (Wildman–Crippen LogP) is 2.80. The van der Waals surface area contributed by atoms with Gasteiger partial charge in [0.15, 0.2) is 11.7 Å². The van der Waals surface area contributed by atoms with Gasteiger partial charge in [0.1, 0.15) is 0 Å². The lowest BCUT2D eigenvalue weighted by Gasteiger charge is -2.34. The fourth-order valence-electron chi connectivity index (χ4n) is 3.41. The minimum absolute atomic E-state index is 0.536. The molecular weight excluding hydrogens is 314 g/mol. The number of aryl methyl sites for hydroxylation is 1. The first-order chi connectivity index (χ1) is 12.1. The van der Waals surface area contributed by atoms with Crippen LogP contribution in [0.3, 0.4) is 0 Å². The van der Waals surface area contributed by atoms with Gasteiger partial charge in [-0.05, 0) is 38.3 Å². The van der Waals surface area contributed by atoms with Crippen molar-refractivity contribution < 1.29 is 4.52 Å². The number of nitrogens with zero attached hydrogens (tertiary/aromatic N) is 3. The number of nitrogens with one attached hydrogen (secondary N) is 2. The lowest BCUT2D eigenvalue weighted by molar-refractivity contribution is 0.161. The van der Waals surface area contributed by atoms with Gasteiger partial charge in [0.25, 0.3) is 0 Å². The second-order valence-corrected chi connectivity index (χ2v) is 7.21. The molecule has 0 saturated carbocycles. The zero-order chi connectivity index (χ0) is 18.1. The molecule has 1 fully saturated rings. The average Bonchev–Trinajstić information content (AvgIpc) is 2.91. The lowest BCUT2D eigenvalue weighted by Crippen LogP contribution is -2.49. The summed E-state index contributed by atoms with van der Waals surface area (Å²) in [5.74, 6) is 2.27. The molecular formula is C19H35N5O. The summed E-state index contributed by atoms with van der Waals surface area (Å²) in [4.78, 5) is 6.99. The standard InChI is InChI=1S/C19H35N5O/c1-5-16-12-17(25-23-16)13-21-19(20-4)22-14-18(15(2)3)24-10-8-6-7-9-11-24/h12,15,18H,5-11,13-14H2,1-4H3,(H2,20,21,22). The van der Waals surface area contributed by atoms with Crippen molar-refractivity contribution in [1.82, 2.24) is 20.7 Å². The van der Waals surface area contributed by atoms with E-state index < -0.39 is 0 Å². The summed E-state index contributed by atoms with van der Waals surface area (Å²) >= 11 is 0. The van der Waals surface area contributed by atoms with Crippen molar-refractivity contribution in [2.24, 2.45) is 10.9 Å². The molecule has 0 aromatic carbocycles. The number of aliphatic imine (C=N–C) groups is 1. The van der Waals surface area contributed by atoms with Crippen LogP contribution in [0, 0.1) is 5.92 Å². The highest BCUT2D eigenvalue weighted by Gasteiger charge is 2.22. The second-order valence-electron chi connectivity index (χ2n) is 7.21. The molecule has 0 bridgehead atoms. The summed E-state index contributed by atoms with van der Waals surface area (Å²) in [5.41, 5.74) is 0.987. The first-order valence-corrected chi connectivity index (χ1v) is 9.77. The summed E-state index contributed by atoms with van der Waals surface area (Å²) in [6.45, 7) is 10.6. The Kier molecular flexibility index (Phi) is 8.25. The summed E-state index contributed by atoms with van der Waals surface area (Å²) in [7, 11) is 1.81. The minimum atomic E-state index is 0.536. The van der Waals surface area contributed by atoms with Gasteiger partial charge in [0.05, 0.1) is 12.2 Å². The van der Waals surface area contributed by atoms with Gasteiger partial charge in [0, 0.05) is 25.7 Å². The van der Waals surface area contributed by atoms with Crippen molar-refractivity contribution in [2.75, 3.05) is 26.7 Å². The molecule has 0 aliphatic carbocycles. The molecule has 1 saturated heterocycles. The van der Waals surface area contributed by atoms with Gasteiger partial charge in [-0.1, -0.05) is 38.8 Å². The number of aromatic nitrogens is 1. The Morgan fingerprint density at radius 2 is 1.96 bits per heavy atom. The third-order valence-electron chi connectivity index (χ3n) is 4.98. The van der Waals surface area contributed by atoms with Gasteiger partial charge in [-0.3, -0.25) is 9.89 Å². The first kappa shape index (κ1) is 19.8. The van der Waals surface area contributed by atoms with Crippen molar-refractivity contribution in [3.8, 4) is 0 Å². The molecule has 1 aliphatic heterocycles. The Hall–Kier alpha value is -1.56. The van der Waals surface area contributed by atoms with Gasteiger partial charge in [-0.25, -0.2) is 0 Å². The zero-order valence-corrected chi connectivity index (χ0v) is 16.3. The van der Waals surface area contributed by atoms with Crippen LogP contribution in [0.1, 0.15) is 57.9 Å². The first-order valence-electron chi connectivity index (χ1n) is 9.77. The molecule has 0 radical (unpaired) electrons. The average molecular weight is 350 g/mol. The van der Waals surface area contributed by atoms with Gasteiger partial charge in [-0.2, -0.15) is 0 Å². The zero-order valence-electron chi connectivity index (χ0n) is 16.3. The third kappa shape index (κ3) is 6.34. The van der Waals surface area contributed by atoms with Gasteiger partial charge in [-0.15, -0.1) is 0 Å².